The van der Waals surface area contributed by atoms with Gasteiger partial charge in [-0.1, -0.05) is 41.9 Å². The third kappa shape index (κ3) is 4.66. The first-order chi connectivity index (χ1) is 13.4. The number of nitrogens with zero attached hydrogens (tertiary/aromatic N) is 1. The molecule has 2 N–H and O–H groups in total. The van der Waals surface area contributed by atoms with E-state index >= 15 is 0 Å². The lowest BCUT2D eigenvalue weighted by Gasteiger charge is -2.16. The molecule has 3 aromatic rings. The van der Waals surface area contributed by atoms with E-state index in [-0.39, 0.29) is 23.0 Å². The largest absolute Gasteiger partial charge is 0.478 e. The average molecular weight is 397 g/mol. The van der Waals surface area contributed by atoms with E-state index in [4.69, 9.17) is 21.4 Å². The van der Waals surface area contributed by atoms with Crippen LogP contribution in [0.25, 0.3) is 0 Å². The van der Waals surface area contributed by atoms with E-state index in [2.05, 4.69) is 10.3 Å². The number of nitrogens with one attached hydrogen (secondary N) is 1. The molecule has 1 heterocycles. The Morgan fingerprint density at radius 1 is 1.11 bits per heavy atom. The van der Waals surface area contributed by atoms with Crippen molar-refractivity contribution < 1.29 is 19.4 Å². The van der Waals surface area contributed by atoms with Crippen molar-refractivity contribution in [2.24, 2.45) is 0 Å². The molecule has 7 heteroatoms. The van der Waals surface area contributed by atoms with Gasteiger partial charge < -0.3 is 15.2 Å². The lowest BCUT2D eigenvalue weighted by molar-refractivity contribution is 0.0696. The third-order valence-corrected chi connectivity index (χ3v) is 4.23. The quantitative estimate of drug-likeness (QED) is 0.629. The second-order valence-corrected chi connectivity index (χ2v) is 6.48. The number of halogens is 1. The molecule has 3 rings (SSSR count). The maximum Gasteiger partial charge on any atom is 0.335 e. The van der Waals surface area contributed by atoms with Gasteiger partial charge in [0.05, 0.1) is 16.6 Å². The normalized spacial score (nSPS) is 11.5. The second kappa shape index (κ2) is 8.54. The van der Waals surface area contributed by atoms with Gasteiger partial charge >= 0.3 is 5.97 Å². The number of carbonyl (C=O) groups is 2. The van der Waals surface area contributed by atoms with Crippen molar-refractivity contribution >= 4 is 23.5 Å². The summed E-state index contributed by atoms with van der Waals surface area (Å²) >= 11 is 6.01. The highest BCUT2D eigenvalue weighted by Crippen LogP contribution is 2.26. The summed E-state index contributed by atoms with van der Waals surface area (Å²) in [5.41, 5.74) is 1.14. The Labute approximate surface area is 166 Å². The van der Waals surface area contributed by atoms with E-state index in [0.29, 0.717) is 10.8 Å². The van der Waals surface area contributed by atoms with Crippen molar-refractivity contribution in [2.75, 3.05) is 0 Å². The van der Waals surface area contributed by atoms with Crippen LogP contribution in [0.3, 0.4) is 0 Å². The van der Waals surface area contributed by atoms with Crippen LogP contribution < -0.4 is 10.1 Å². The molecule has 0 aliphatic carbocycles. The first kappa shape index (κ1) is 19.4. The number of carbonyl (C=O) groups excluding carboxylic acids is 1. The number of hydrogen-bond donors (Lipinski definition) is 2. The highest BCUT2D eigenvalue weighted by molar-refractivity contribution is 6.30. The summed E-state index contributed by atoms with van der Waals surface area (Å²) < 4.78 is 5.72. The molecular formula is C21H17ClN2O4. The Morgan fingerprint density at radius 2 is 1.79 bits per heavy atom. The second-order valence-electron chi connectivity index (χ2n) is 6.04. The fourth-order valence-electron chi connectivity index (χ4n) is 2.54. The van der Waals surface area contributed by atoms with Crippen molar-refractivity contribution in [1.82, 2.24) is 10.3 Å². The minimum atomic E-state index is -1.00. The number of hydrogen-bond acceptors (Lipinski definition) is 4. The Balaban J connectivity index is 1.79. The van der Waals surface area contributed by atoms with Crippen LogP contribution in [0, 0.1) is 0 Å². The van der Waals surface area contributed by atoms with Gasteiger partial charge in [0.1, 0.15) is 11.3 Å². The van der Waals surface area contributed by atoms with E-state index in [9.17, 15) is 9.59 Å². The number of rotatable bonds is 6. The van der Waals surface area contributed by atoms with Crippen LogP contribution in [-0.2, 0) is 0 Å². The van der Waals surface area contributed by atoms with Gasteiger partial charge in [0.2, 0.25) is 5.88 Å². The highest BCUT2D eigenvalue weighted by Gasteiger charge is 2.18. The summed E-state index contributed by atoms with van der Waals surface area (Å²) in [5, 5.41) is 12.1. The maximum absolute atomic E-state index is 12.8. The van der Waals surface area contributed by atoms with Crippen LogP contribution in [0.1, 0.15) is 39.2 Å². The SMILES string of the molecule is CC(NC(=O)c1cc(Cl)cnc1Oc1ccccc1)c1ccc(C(=O)O)cc1. The molecule has 0 aliphatic rings. The number of amides is 1. The molecule has 0 bridgehead atoms. The fraction of sp³-hybridized carbons (Fsp3) is 0.0952. The summed E-state index contributed by atoms with van der Waals surface area (Å²) in [6, 6.07) is 16.4. The topological polar surface area (TPSA) is 88.5 Å². The Kier molecular flexibility index (Phi) is 5.91. The number of benzene rings is 2. The Hall–Kier alpha value is -3.38. The van der Waals surface area contributed by atoms with Crippen molar-refractivity contribution in [3.63, 3.8) is 0 Å². The third-order valence-electron chi connectivity index (χ3n) is 4.03. The summed E-state index contributed by atoms with van der Waals surface area (Å²) in [6.07, 6.45) is 1.41. The van der Waals surface area contributed by atoms with Gasteiger partial charge in [-0.15, -0.1) is 0 Å². The first-order valence-corrected chi connectivity index (χ1v) is 8.84. The smallest absolute Gasteiger partial charge is 0.335 e. The van der Waals surface area contributed by atoms with Crippen molar-refractivity contribution in [3.8, 4) is 11.6 Å². The lowest BCUT2D eigenvalue weighted by atomic mass is 10.1. The van der Waals surface area contributed by atoms with Crippen LogP contribution in [0.5, 0.6) is 11.6 Å². The van der Waals surface area contributed by atoms with Crippen molar-refractivity contribution in [2.45, 2.75) is 13.0 Å². The minimum Gasteiger partial charge on any atom is -0.478 e. The van der Waals surface area contributed by atoms with E-state index in [1.54, 1.807) is 31.2 Å². The molecule has 1 atom stereocenters. The van der Waals surface area contributed by atoms with Gasteiger partial charge in [-0.2, -0.15) is 0 Å². The number of para-hydroxylation sites is 1. The van der Waals surface area contributed by atoms with E-state index in [1.165, 1.54) is 24.4 Å². The number of pyridine rings is 1. The molecule has 28 heavy (non-hydrogen) atoms. The zero-order chi connectivity index (χ0) is 20.1. The van der Waals surface area contributed by atoms with E-state index in [0.717, 1.165) is 5.56 Å². The number of ether oxygens (including phenoxy) is 1. The molecular weight excluding hydrogens is 380 g/mol. The summed E-state index contributed by atoms with van der Waals surface area (Å²) in [4.78, 5) is 27.9. The zero-order valence-corrected chi connectivity index (χ0v) is 15.7. The molecule has 6 nitrogen and oxygen atoms in total. The number of carboxylic acid groups (broad SMARTS) is 1. The van der Waals surface area contributed by atoms with Crippen LogP contribution in [0.2, 0.25) is 5.02 Å². The Morgan fingerprint density at radius 3 is 2.43 bits per heavy atom. The number of carboxylic acids is 1. The fourth-order valence-corrected chi connectivity index (χ4v) is 2.70. The van der Waals surface area contributed by atoms with Crippen LogP contribution in [-0.4, -0.2) is 22.0 Å². The van der Waals surface area contributed by atoms with Gasteiger partial charge in [0.25, 0.3) is 5.91 Å². The van der Waals surface area contributed by atoms with E-state index < -0.39 is 11.9 Å². The molecule has 0 saturated carbocycles. The zero-order valence-electron chi connectivity index (χ0n) is 14.9. The number of aromatic nitrogens is 1. The molecule has 0 spiro atoms. The van der Waals surface area contributed by atoms with Gasteiger partial charge in [0.15, 0.2) is 0 Å². The Bertz CT molecular complexity index is 991. The maximum atomic E-state index is 12.8. The minimum absolute atomic E-state index is 0.140. The predicted molar refractivity (Wildman–Crippen MR) is 105 cm³/mol. The molecule has 1 unspecified atom stereocenters. The van der Waals surface area contributed by atoms with Gasteiger partial charge in [-0.25, -0.2) is 9.78 Å². The standard InChI is InChI=1S/C21H17ClN2O4/c1-13(14-7-9-15(10-8-14)21(26)27)24-19(25)18-11-16(22)12-23-20(18)28-17-5-3-2-4-6-17/h2-13H,1H3,(H,24,25)(H,26,27). The average Bonchev–Trinajstić information content (AvgIpc) is 2.70. The van der Waals surface area contributed by atoms with Crippen molar-refractivity contribution in [3.05, 3.63) is 88.6 Å². The van der Waals surface area contributed by atoms with E-state index in [1.807, 2.05) is 18.2 Å². The highest BCUT2D eigenvalue weighted by atomic mass is 35.5. The molecule has 0 aliphatic heterocycles. The van der Waals surface area contributed by atoms with Crippen LogP contribution >= 0.6 is 11.6 Å². The summed E-state index contributed by atoms with van der Waals surface area (Å²) in [6.45, 7) is 1.80. The molecule has 1 aromatic heterocycles. The molecule has 0 radical (unpaired) electrons. The van der Waals surface area contributed by atoms with Gasteiger partial charge in [-0.05, 0) is 42.8 Å². The van der Waals surface area contributed by atoms with Gasteiger partial charge in [-0.3, -0.25) is 4.79 Å². The van der Waals surface area contributed by atoms with Crippen molar-refractivity contribution in [1.29, 1.82) is 0 Å². The lowest BCUT2D eigenvalue weighted by Crippen LogP contribution is -2.27. The molecule has 142 valence electrons. The molecule has 1 amide bonds. The molecule has 0 fully saturated rings. The molecule has 0 saturated heterocycles. The van der Waals surface area contributed by atoms with Gasteiger partial charge in [0, 0.05) is 6.20 Å². The molecule has 2 aromatic carbocycles. The summed E-state index contributed by atoms with van der Waals surface area (Å²) in [7, 11) is 0. The van der Waals surface area contributed by atoms with Crippen LogP contribution in [0.15, 0.2) is 66.9 Å². The number of aromatic carboxylic acids is 1. The van der Waals surface area contributed by atoms with Crippen LogP contribution in [0.4, 0.5) is 0 Å². The monoisotopic (exact) mass is 396 g/mol. The predicted octanol–water partition coefficient (Wildman–Crippen LogP) is 4.72. The first-order valence-electron chi connectivity index (χ1n) is 8.46. The summed E-state index contributed by atoms with van der Waals surface area (Å²) in [5.74, 6) is -0.725.